The van der Waals surface area contributed by atoms with Gasteiger partial charge in [0.2, 0.25) is 0 Å². The first-order valence-corrected chi connectivity index (χ1v) is 12.3. The lowest BCUT2D eigenvalue weighted by atomic mass is 10.1. The lowest BCUT2D eigenvalue weighted by molar-refractivity contribution is 0.304. The molecule has 4 rings (SSSR count). The highest BCUT2D eigenvalue weighted by atomic mass is 16.5. The first kappa shape index (κ1) is 24.1. The molecule has 0 aliphatic heterocycles. The summed E-state index contributed by atoms with van der Waals surface area (Å²) in [5, 5.41) is 4.41. The van der Waals surface area contributed by atoms with Crippen LogP contribution in [0, 0.1) is 0 Å². The van der Waals surface area contributed by atoms with Gasteiger partial charge in [-0.1, -0.05) is 93.3 Å². The van der Waals surface area contributed by atoms with Gasteiger partial charge in [0, 0.05) is 17.2 Å². The summed E-state index contributed by atoms with van der Waals surface area (Å²) in [4.78, 5) is 9.46. The van der Waals surface area contributed by atoms with E-state index in [1.54, 1.807) is 6.21 Å². The Morgan fingerprint density at radius 2 is 1.46 bits per heavy atom. The Labute approximate surface area is 207 Å². The van der Waals surface area contributed by atoms with Crippen molar-refractivity contribution >= 4 is 12.0 Å². The molecule has 4 aromatic rings. The van der Waals surface area contributed by atoms with Gasteiger partial charge in [0.1, 0.15) is 5.75 Å². The molecule has 3 aromatic carbocycles. The van der Waals surface area contributed by atoms with Gasteiger partial charge >= 0.3 is 0 Å². The van der Waals surface area contributed by atoms with Crippen molar-refractivity contribution in [3.05, 3.63) is 96.6 Å². The number of anilines is 1. The highest BCUT2D eigenvalue weighted by Crippen LogP contribution is 2.24. The zero-order chi connectivity index (χ0) is 24.1. The third-order valence-corrected chi connectivity index (χ3v) is 5.62. The molecule has 1 aromatic heterocycles. The molecule has 0 atom stereocenters. The maximum Gasteiger partial charge on any atom is 0.162 e. The van der Waals surface area contributed by atoms with Gasteiger partial charge in [-0.3, -0.25) is 5.43 Å². The Morgan fingerprint density at radius 1 is 0.771 bits per heavy atom. The second-order valence-corrected chi connectivity index (χ2v) is 8.40. The Hall–Kier alpha value is -3.99. The molecule has 1 N–H and O–H groups in total. The van der Waals surface area contributed by atoms with Crippen LogP contribution >= 0.6 is 0 Å². The summed E-state index contributed by atoms with van der Waals surface area (Å²) < 4.78 is 5.85. The summed E-state index contributed by atoms with van der Waals surface area (Å²) in [6.45, 7) is 2.99. The van der Waals surface area contributed by atoms with Crippen LogP contribution in [0.15, 0.2) is 96.1 Å². The summed E-state index contributed by atoms with van der Waals surface area (Å²) in [5.74, 6) is 2.18. The quantitative estimate of drug-likeness (QED) is 0.133. The van der Waals surface area contributed by atoms with Crippen LogP contribution in [0.4, 0.5) is 5.82 Å². The first-order chi connectivity index (χ1) is 17.3. The Bertz CT molecular complexity index is 1130. The largest absolute Gasteiger partial charge is 0.494 e. The zero-order valence-electron chi connectivity index (χ0n) is 20.2. The molecule has 0 spiro atoms. The summed E-state index contributed by atoms with van der Waals surface area (Å²) in [6.07, 6.45) is 7.96. The minimum Gasteiger partial charge on any atom is -0.494 e. The number of benzene rings is 3. The number of hydrogen-bond acceptors (Lipinski definition) is 5. The molecule has 1 heterocycles. The monoisotopic (exact) mass is 464 g/mol. The van der Waals surface area contributed by atoms with Crippen LogP contribution in [0.2, 0.25) is 0 Å². The highest BCUT2D eigenvalue weighted by Gasteiger charge is 2.08. The van der Waals surface area contributed by atoms with Crippen LogP contribution in [0.3, 0.4) is 0 Å². The van der Waals surface area contributed by atoms with Crippen molar-refractivity contribution in [2.24, 2.45) is 5.10 Å². The van der Waals surface area contributed by atoms with Crippen LogP contribution in [-0.4, -0.2) is 22.8 Å². The van der Waals surface area contributed by atoms with Crippen molar-refractivity contribution in [3.8, 4) is 28.4 Å². The van der Waals surface area contributed by atoms with Crippen molar-refractivity contribution in [2.75, 3.05) is 12.0 Å². The third kappa shape index (κ3) is 7.51. The smallest absolute Gasteiger partial charge is 0.162 e. The molecule has 5 nitrogen and oxygen atoms in total. The van der Waals surface area contributed by atoms with E-state index in [1.807, 2.05) is 91.0 Å². The minimum absolute atomic E-state index is 0.636. The van der Waals surface area contributed by atoms with Crippen LogP contribution < -0.4 is 10.2 Å². The molecule has 178 valence electrons. The average molecular weight is 465 g/mol. The lowest BCUT2D eigenvalue weighted by Gasteiger charge is -2.08. The molecule has 0 fully saturated rings. The number of rotatable bonds is 12. The van der Waals surface area contributed by atoms with E-state index in [1.165, 1.54) is 25.7 Å². The lowest BCUT2D eigenvalue weighted by Crippen LogP contribution is -1.99. The fraction of sp³-hybridized carbons (Fsp3) is 0.233. The topological polar surface area (TPSA) is 59.4 Å². The van der Waals surface area contributed by atoms with E-state index in [0.29, 0.717) is 11.6 Å². The summed E-state index contributed by atoms with van der Waals surface area (Å²) in [6, 6.07) is 29.9. The van der Waals surface area contributed by atoms with E-state index in [2.05, 4.69) is 22.4 Å². The molecule has 5 heteroatoms. The molecule has 0 radical (unpaired) electrons. The van der Waals surface area contributed by atoms with Gasteiger partial charge in [-0.15, -0.1) is 0 Å². The molecule has 0 saturated heterocycles. The van der Waals surface area contributed by atoms with Crippen LogP contribution in [0.1, 0.15) is 44.6 Å². The molecule has 0 saturated carbocycles. The second kappa shape index (κ2) is 13.0. The molecule has 0 bridgehead atoms. The number of nitrogens with zero attached hydrogens (tertiary/aromatic N) is 3. The van der Waals surface area contributed by atoms with E-state index in [-0.39, 0.29) is 0 Å². The maximum atomic E-state index is 5.85. The third-order valence-electron chi connectivity index (χ3n) is 5.62. The predicted octanol–water partition coefficient (Wildman–Crippen LogP) is 7.61. The molecule has 0 unspecified atom stereocenters. The van der Waals surface area contributed by atoms with E-state index in [9.17, 15) is 0 Å². The van der Waals surface area contributed by atoms with Gasteiger partial charge < -0.3 is 4.74 Å². The Morgan fingerprint density at radius 3 is 2.17 bits per heavy atom. The SMILES string of the molecule is CCCCCCCOc1ccc(C=NNc2cc(-c3ccccc3)nc(-c3ccccc3)n2)cc1. The molecular weight excluding hydrogens is 432 g/mol. The van der Waals surface area contributed by atoms with Gasteiger partial charge in [-0.25, -0.2) is 9.97 Å². The number of hydrazone groups is 1. The van der Waals surface area contributed by atoms with Gasteiger partial charge in [-0.2, -0.15) is 5.10 Å². The maximum absolute atomic E-state index is 5.85. The van der Waals surface area contributed by atoms with E-state index < -0.39 is 0 Å². The molecule has 0 aliphatic rings. The van der Waals surface area contributed by atoms with Gasteiger partial charge in [0.25, 0.3) is 0 Å². The standard InChI is InChI=1S/C30H32N4O/c1-2-3-4-5-12-21-35-27-19-17-24(18-20-27)23-31-34-29-22-28(25-13-8-6-9-14-25)32-30(33-29)26-15-10-7-11-16-26/h6-11,13-20,22-23H,2-5,12,21H2,1H3,(H,32,33,34). The number of nitrogens with one attached hydrogen (secondary N) is 1. The fourth-order valence-electron chi connectivity index (χ4n) is 3.70. The minimum atomic E-state index is 0.636. The van der Waals surface area contributed by atoms with Gasteiger partial charge in [-0.05, 0) is 36.2 Å². The average Bonchev–Trinajstić information content (AvgIpc) is 2.92. The second-order valence-electron chi connectivity index (χ2n) is 8.40. The Kier molecular flexibility index (Phi) is 9.00. The van der Waals surface area contributed by atoms with E-state index in [0.717, 1.165) is 41.2 Å². The van der Waals surface area contributed by atoms with Crippen molar-refractivity contribution in [1.29, 1.82) is 0 Å². The summed E-state index contributed by atoms with van der Waals surface area (Å²) in [7, 11) is 0. The molecular formula is C30H32N4O. The number of unbranched alkanes of at least 4 members (excludes halogenated alkanes) is 4. The predicted molar refractivity (Wildman–Crippen MR) is 145 cm³/mol. The summed E-state index contributed by atoms with van der Waals surface area (Å²) in [5.41, 5.74) is 6.88. The normalized spacial score (nSPS) is 11.0. The molecule has 0 amide bonds. The highest BCUT2D eigenvalue weighted by molar-refractivity contribution is 5.80. The van der Waals surface area contributed by atoms with Crippen LogP contribution in [-0.2, 0) is 0 Å². The molecule has 0 aliphatic carbocycles. The number of hydrogen-bond donors (Lipinski definition) is 1. The van der Waals surface area contributed by atoms with Crippen molar-refractivity contribution in [1.82, 2.24) is 9.97 Å². The fourth-order valence-corrected chi connectivity index (χ4v) is 3.70. The summed E-state index contributed by atoms with van der Waals surface area (Å²) >= 11 is 0. The van der Waals surface area contributed by atoms with E-state index in [4.69, 9.17) is 9.72 Å². The van der Waals surface area contributed by atoms with Crippen molar-refractivity contribution < 1.29 is 4.74 Å². The van der Waals surface area contributed by atoms with Crippen molar-refractivity contribution in [3.63, 3.8) is 0 Å². The van der Waals surface area contributed by atoms with E-state index >= 15 is 0 Å². The first-order valence-electron chi connectivity index (χ1n) is 12.3. The molecule has 35 heavy (non-hydrogen) atoms. The van der Waals surface area contributed by atoms with Crippen LogP contribution in [0.5, 0.6) is 5.75 Å². The van der Waals surface area contributed by atoms with Crippen molar-refractivity contribution in [2.45, 2.75) is 39.0 Å². The number of aromatic nitrogens is 2. The van der Waals surface area contributed by atoms with Gasteiger partial charge in [0.15, 0.2) is 11.6 Å². The number of ether oxygens (including phenoxy) is 1. The van der Waals surface area contributed by atoms with Gasteiger partial charge in [0.05, 0.1) is 18.5 Å². The van der Waals surface area contributed by atoms with Crippen LogP contribution in [0.25, 0.3) is 22.6 Å². The Balaban J connectivity index is 1.41. The zero-order valence-corrected chi connectivity index (χ0v) is 20.2.